The molecule has 0 aliphatic carbocycles. The van der Waals surface area contributed by atoms with Crippen LogP contribution in [0.25, 0.3) is 22.6 Å². The Morgan fingerprint density at radius 3 is 2.50 bits per heavy atom. The number of benzene rings is 1. The lowest BCUT2D eigenvalue weighted by Crippen LogP contribution is -2.12. The summed E-state index contributed by atoms with van der Waals surface area (Å²) in [5, 5.41) is 21.9. The van der Waals surface area contributed by atoms with Gasteiger partial charge in [0.1, 0.15) is 5.25 Å². The van der Waals surface area contributed by atoms with Gasteiger partial charge in [-0.25, -0.2) is 4.40 Å². The smallest absolute Gasteiger partial charge is 0.316 e. The number of rotatable bonds is 4. The van der Waals surface area contributed by atoms with Crippen molar-refractivity contribution in [2.75, 3.05) is 0 Å². The summed E-state index contributed by atoms with van der Waals surface area (Å²) in [6.07, 6.45) is 0. The van der Waals surface area contributed by atoms with Gasteiger partial charge in [-0.1, -0.05) is 23.9 Å². The van der Waals surface area contributed by atoms with Crippen molar-refractivity contribution in [3.05, 3.63) is 24.3 Å². The van der Waals surface area contributed by atoms with E-state index >= 15 is 0 Å². The third-order valence-electron chi connectivity index (χ3n) is 3.93. The zero-order chi connectivity index (χ0) is 17.0. The Kier molecular flexibility index (Phi) is 3.27. The maximum atomic E-state index is 11.1. The minimum Gasteiger partial charge on any atom is -0.480 e. The van der Waals surface area contributed by atoms with E-state index in [1.165, 1.54) is 0 Å². The summed E-state index contributed by atoms with van der Waals surface area (Å²) < 4.78 is 5.71. The second kappa shape index (κ2) is 5.23. The molecule has 4 aromatic rings. The lowest BCUT2D eigenvalue weighted by atomic mass is 10.3. The summed E-state index contributed by atoms with van der Waals surface area (Å²) in [6.45, 7) is 5.82. The van der Waals surface area contributed by atoms with E-state index in [1.54, 1.807) is 11.4 Å². The maximum absolute atomic E-state index is 11.1. The largest absolute Gasteiger partial charge is 0.480 e. The van der Waals surface area contributed by atoms with Crippen molar-refractivity contribution in [2.24, 2.45) is 0 Å². The molecule has 8 nitrogen and oxygen atoms in total. The number of fused-ring (bicyclic) bond motifs is 5. The molecule has 3 aromatic heterocycles. The number of hydrogen-bond acceptors (Lipinski definition) is 5. The fourth-order valence-electron chi connectivity index (χ4n) is 2.84. The second-order valence-corrected chi connectivity index (χ2v) is 7.19. The van der Waals surface area contributed by atoms with Crippen LogP contribution in [0, 0.1) is 0 Å². The molecule has 3 heterocycles. The van der Waals surface area contributed by atoms with E-state index in [9.17, 15) is 4.79 Å². The molecular weight excluding hydrogens is 328 g/mol. The monoisotopic (exact) mass is 344 g/mol. The number of imidazole rings is 1. The molecule has 9 heteroatoms. The Hall–Kier alpha value is -2.55. The van der Waals surface area contributed by atoms with Gasteiger partial charge in [0.15, 0.2) is 0 Å². The first-order valence-electron chi connectivity index (χ1n) is 7.61. The summed E-state index contributed by atoms with van der Waals surface area (Å²) in [5.41, 5.74) is 2.08. The number of carboxylic acid groups (broad SMARTS) is 1. The fourth-order valence-corrected chi connectivity index (χ4v) is 3.56. The fraction of sp³-hybridized carbons (Fsp3) is 0.333. The van der Waals surface area contributed by atoms with Gasteiger partial charge in [-0.2, -0.15) is 4.52 Å². The summed E-state index contributed by atoms with van der Waals surface area (Å²) in [7, 11) is 0. The Balaban J connectivity index is 2.01. The molecule has 1 atom stereocenters. The van der Waals surface area contributed by atoms with Gasteiger partial charge in [0, 0.05) is 6.04 Å². The summed E-state index contributed by atoms with van der Waals surface area (Å²) >= 11 is 1.13. The van der Waals surface area contributed by atoms with Crippen LogP contribution in [0.15, 0.2) is 29.4 Å². The Morgan fingerprint density at radius 2 is 1.83 bits per heavy atom. The van der Waals surface area contributed by atoms with Crippen molar-refractivity contribution >= 4 is 40.3 Å². The molecule has 124 valence electrons. The molecule has 0 fully saturated rings. The van der Waals surface area contributed by atoms with Gasteiger partial charge in [-0.3, -0.25) is 4.79 Å². The van der Waals surface area contributed by atoms with Gasteiger partial charge in [-0.15, -0.1) is 15.3 Å². The quantitative estimate of drug-likeness (QED) is 0.572. The zero-order valence-electron chi connectivity index (χ0n) is 13.4. The molecule has 1 N–H and O–H groups in total. The number of carboxylic acids is 1. The Morgan fingerprint density at radius 1 is 1.12 bits per heavy atom. The van der Waals surface area contributed by atoms with Crippen molar-refractivity contribution in [1.29, 1.82) is 0 Å². The highest BCUT2D eigenvalue weighted by Crippen LogP contribution is 2.28. The molecule has 24 heavy (non-hydrogen) atoms. The maximum Gasteiger partial charge on any atom is 0.316 e. The third-order valence-corrected chi connectivity index (χ3v) is 4.95. The molecule has 0 aliphatic rings. The zero-order valence-corrected chi connectivity index (χ0v) is 14.2. The third kappa shape index (κ3) is 2.01. The van der Waals surface area contributed by atoms with Crippen LogP contribution in [-0.2, 0) is 4.79 Å². The molecule has 4 rings (SSSR count). The molecule has 1 aromatic carbocycles. The van der Waals surface area contributed by atoms with Crippen LogP contribution in [-0.4, -0.2) is 45.1 Å². The number of thioether (sulfide) groups is 1. The highest BCUT2D eigenvalue weighted by molar-refractivity contribution is 8.00. The van der Waals surface area contributed by atoms with E-state index in [0.717, 1.165) is 28.6 Å². The minimum absolute atomic E-state index is 0.224. The van der Waals surface area contributed by atoms with Crippen LogP contribution in [0.2, 0.25) is 0 Å². The van der Waals surface area contributed by atoms with Crippen molar-refractivity contribution < 1.29 is 9.90 Å². The normalized spacial score (nSPS) is 13.5. The Bertz CT molecular complexity index is 1080. The molecule has 0 aliphatic heterocycles. The van der Waals surface area contributed by atoms with Crippen molar-refractivity contribution in [2.45, 2.75) is 37.2 Å². The van der Waals surface area contributed by atoms with Gasteiger partial charge in [-0.05, 0) is 32.9 Å². The van der Waals surface area contributed by atoms with E-state index in [0.29, 0.717) is 10.9 Å². The predicted molar refractivity (Wildman–Crippen MR) is 90.6 cm³/mol. The standard InChI is InChI=1S/C15H16N6O2S/c1-8(2)19-10-6-4-5-7-11(10)20-13-16-17-15(21(13)18-14(19)20)24-9(3)12(22)23/h4-9H,1-3H3,(H,22,23). The molecule has 0 amide bonds. The van der Waals surface area contributed by atoms with Crippen LogP contribution in [0.1, 0.15) is 26.8 Å². The number of para-hydroxylation sites is 2. The number of aliphatic carboxylic acids is 1. The van der Waals surface area contributed by atoms with Crippen LogP contribution in [0.5, 0.6) is 0 Å². The van der Waals surface area contributed by atoms with E-state index in [1.807, 2.05) is 22.6 Å². The van der Waals surface area contributed by atoms with Crippen LogP contribution >= 0.6 is 11.8 Å². The van der Waals surface area contributed by atoms with Crippen molar-refractivity contribution in [1.82, 2.24) is 28.8 Å². The van der Waals surface area contributed by atoms with E-state index in [-0.39, 0.29) is 6.04 Å². The highest BCUT2D eigenvalue weighted by Gasteiger charge is 2.23. The first-order valence-corrected chi connectivity index (χ1v) is 8.49. The van der Waals surface area contributed by atoms with E-state index in [2.05, 4.69) is 39.8 Å². The van der Waals surface area contributed by atoms with Crippen LogP contribution in [0.3, 0.4) is 0 Å². The molecular formula is C15H16N6O2S. The molecule has 0 saturated heterocycles. The summed E-state index contributed by atoms with van der Waals surface area (Å²) in [5.74, 6) is 0.458. The number of nitrogens with zero attached hydrogens (tertiary/aromatic N) is 6. The summed E-state index contributed by atoms with van der Waals surface area (Å²) in [6, 6.07) is 8.27. The first kappa shape index (κ1) is 15.0. The Labute approximate surface area is 141 Å². The number of aromatic nitrogens is 6. The topological polar surface area (TPSA) is 89.7 Å². The second-order valence-electron chi connectivity index (χ2n) is 5.88. The SMILES string of the molecule is CC(Sc1nnc2n1nc1n(C(C)C)c3ccccc3n12)C(=O)O. The van der Waals surface area contributed by atoms with Gasteiger partial charge in [0.05, 0.1) is 11.0 Å². The molecule has 0 radical (unpaired) electrons. The van der Waals surface area contributed by atoms with Crippen LogP contribution in [0.4, 0.5) is 0 Å². The van der Waals surface area contributed by atoms with Gasteiger partial charge < -0.3 is 9.67 Å². The summed E-state index contributed by atoms with van der Waals surface area (Å²) in [4.78, 5) is 11.1. The average Bonchev–Trinajstić information content (AvgIpc) is 3.16. The minimum atomic E-state index is -0.891. The van der Waals surface area contributed by atoms with Gasteiger partial charge in [0.25, 0.3) is 5.78 Å². The predicted octanol–water partition coefficient (Wildman–Crippen LogP) is 2.48. The lowest BCUT2D eigenvalue weighted by molar-refractivity contribution is -0.136. The van der Waals surface area contributed by atoms with Crippen LogP contribution < -0.4 is 0 Å². The van der Waals surface area contributed by atoms with E-state index < -0.39 is 11.2 Å². The molecule has 0 saturated carbocycles. The number of carbonyl (C=O) groups is 1. The van der Waals surface area contributed by atoms with Crippen molar-refractivity contribution in [3.8, 4) is 0 Å². The van der Waals surface area contributed by atoms with Gasteiger partial charge >= 0.3 is 5.97 Å². The highest BCUT2D eigenvalue weighted by atomic mass is 32.2. The van der Waals surface area contributed by atoms with Gasteiger partial charge in [0.2, 0.25) is 10.9 Å². The lowest BCUT2D eigenvalue weighted by Gasteiger charge is -2.08. The molecule has 0 bridgehead atoms. The first-order chi connectivity index (χ1) is 11.5. The molecule has 1 unspecified atom stereocenters. The molecule has 0 spiro atoms. The van der Waals surface area contributed by atoms with E-state index in [4.69, 9.17) is 5.11 Å². The average molecular weight is 344 g/mol. The van der Waals surface area contributed by atoms with Crippen molar-refractivity contribution in [3.63, 3.8) is 0 Å². The number of hydrogen-bond donors (Lipinski definition) is 1.